The summed E-state index contributed by atoms with van der Waals surface area (Å²) in [5, 5.41) is 0. The van der Waals surface area contributed by atoms with Crippen LogP contribution < -0.4 is 4.74 Å². The predicted molar refractivity (Wildman–Crippen MR) is 109 cm³/mol. The number of aliphatic imine (C=N–C) groups is 1. The first-order valence-electron chi connectivity index (χ1n) is 7.60. The first kappa shape index (κ1) is 21.0. The number of nitrogens with zero attached hydrogens (tertiary/aromatic N) is 1. The van der Waals surface area contributed by atoms with E-state index in [1.165, 1.54) is 4.90 Å². The normalized spacial score (nSPS) is 10.4. The predicted octanol–water partition coefficient (Wildman–Crippen LogP) is 6.97. The van der Waals surface area contributed by atoms with Gasteiger partial charge in [0.2, 0.25) is 0 Å². The van der Waals surface area contributed by atoms with Gasteiger partial charge in [-0.15, -0.1) is 0 Å². The first-order chi connectivity index (χ1) is 12.8. The Morgan fingerprint density at radius 1 is 0.885 bits per heavy atom. The summed E-state index contributed by atoms with van der Waals surface area (Å²) in [4.78, 5) is 6.99. The Bertz CT molecular complexity index is 831. The summed E-state index contributed by atoms with van der Waals surface area (Å²) >= 11 is 1.61. The topological polar surface area (TPSA) is 21.6 Å². The second-order valence-electron chi connectivity index (χ2n) is 4.93. The van der Waals surface area contributed by atoms with Crippen LogP contribution >= 0.6 is 30.8 Å². The fourth-order valence-electron chi connectivity index (χ4n) is 2.18. The van der Waals surface area contributed by atoms with E-state index in [0.717, 1.165) is 21.9 Å². The van der Waals surface area contributed by atoms with E-state index in [4.69, 9.17) is 23.8 Å². The van der Waals surface area contributed by atoms with Crippen LogP contribution in [0.4, 0.5) is 5.69 Å². The molecule has 3 aromatic rings. The van der Waals surface area contributed by atoms with Crippen molar-refractivity contribution in [2.24, 2.45) is 4.99 Å². The van der Waals surface area contributed by atoms with Crippen molar-refractivity contribution < 1.29 is 20.7 Å². The van der Waals surface area contributed by atoms with Crippen molar-refractivity contribution in [1.29, 1.82) is 0 Å². The van der Waals surface area contributed by atoms with E-state index in [1.54, 1.807) is 18.9 Å². The number of methoxy groups -OCH3 is 1. The Morgan fingerprint density at radius 2 is 1.50 bits per heavy atom. The van der Waals surface area contributed by atoms with Gasteiger partial charge in [-0.05, 0) is 36.4 Å². The number of hydrogen-bond donors (Lipinski definition) is 0. The molecule has 0 aliphatic rings. The van der Waals surface area contributed by atoms with Crippen LogP contribution in [-0.2, 0) is 15.9 Å². The van der Waals surface area contributed by atoms with Crippen LogP contribution in [0.1, 0.15) is 5.56 Å². The fraction of sp³-hybridized carbons (Fsp3) is 0.0500. The quantitative estimate of drug-likeness (QED) is 0.281. The third-order valence-corrected chi connectivity index (χ3v) is 4.39. The van der Waals surface area contributed by atoms with Gasteiger partial charge in [-0.3, -0.25) is 4.99 Å². The molecule has 0 spiro atoms. The zero-order valence-corrected chi connectivity index (χ0v) is 17.8. The molecule has 0 heterocycles. The van der Waals surface area contributed by atoms with E-state index in [2.05, 4.69) is 23.2 Å². The summed E-state index contributed by atoms with van der Waals surface area (Å²) in [7, 11) is 11.3. The number of ether oxygens (including phenoxy) is 1. The Kier molecular flexibility index (Phi) is 9.84. The number of halogens is 2. The van der Waals surface area contributed by atoms with Crippen LogP contribution in [0.5, 0.6) is 5.75 Å². The molecule has 0 N–H and O–H groups in total. The minimum atomic E-state index is -0.106. The molecule has 0 atom stereocenters. The van der Waals surface area contributed by atoms with E-state index in [-0.39, 0.29) is 15.9 Å². The average molecular weight is 497 g/mol. The van der Waals surface area contributed by atoms with Gasteiger partial charge in [-0.1, -0.05) is 54.2 Å². The van der Waals surface area contributed by atoms with Crippen LogP contribution in [0.15, 0.2) is 93.6 Å². The number of benzene rings is 3. The molecular formula is C20H17Cl2NOPdS. The fourth-order valence-corrected chi connectivity index (χ4v) is 3.10. The maximum atomic E-state index is 5.36. The zero-order chi connectivity index (χ0) is 18.6. The van der Waals surface area contributed by atoms with Crippen LogP contribution in [0, 0.1) is 0 Å². The summed E-state index contributed by atoms with van der Waals surface area (Å²) < 4.78 is 5.36. The molecule has 0 fully saturated rings. The molecule has 0 saturated heterocycles. The Morgan fingerprint density at radius 3 is 2.23 bits per heavy atom. The van der Waals surface area contributed by atoms with E-state index in [1.807, 2.05) is 66.9 Å². The average Bonchev–Trinajstić information content (AvgIpc) is 2.69. The Hall–Kier alpha value is -1.28. The second-order valence-corrected chi connectivity index (χ2v) is 8.40. The van der Waals surface area contributed by atoms with Crippen LogP contribution in [-0.4, -0.2) is 13.3 Å². The number of hydrogen-bond acceptors (Lipinski definition) is 3. The van der Waals surface area contributed by atoms with Crippen LogP contribution in [0.25, 0.3) is 0 Å². The van der Waals surface area contributed by atoms with Crippen molar-refractivity contribution in [3.63, 3.8) is 0 Å². The van der Waals surface area contributed by atoms with Gasteiger partial charge in [-0.25, -0.2) is 0 Å². The number of rotatable bonds is 5. The van der Waals surface area contributed by atoms with Gasteiger partial charge in [-0.2, -0.15) is 0 Å². The summed E-state index contributed by atoms with van der Waals surface area (Å²) in [6.07, 6.45) is 1.85. The van der Waals surface area contributed by atoms with Gasteiger partial charge in [0, 0.05) is 21.6 Å². The summed E-state index contributed by atoms with van der Waals surface area (Å²) in [5.41, 5.74) is 1.92. The molecule has 138 valence electrons. The molecular weight excluding hydrogens is 480 g/mol. The SMILES string of the molecule is COc1ccccc1C=Nc1ccccc1Sc1ccccc1.[Cl][Pd][Cl]. The van der Waals surface area contributed by atoms with Crippen LogP contribution in [0.3, 0.4) is 0 Å². The van der Waals surface area contributed by atoms with Crippen molar-refractivity contribution in [3.05, 3.63) is 84.4 Å². The molecule has 26 heavy (non-hydrogen) atoms. The summed E-state index contributed by atoms with van der Waals surface area (Å²) in [6.45, 7) is 0. The number of para-hydroxylation sites is 2. The second kappa shape index (κ2) is 12.2. The van der Waals surface area contributed by atoms with Gasteiger partial charge in [0.25, 0.3) is 0 Å². The van der Waals surface area contributed by atoms with Gasteiger partial charge >= 0.3 is 35.0 Å². The van der Waals surface area contributed by atoms with E-state index >= 15 is 0 Å². The van der Waals surface area contributed by atoms with E-state index in [0.29, 0.717) is 0 Å². The Labute approximate surface area is 174 Å². The monoisotopic (exact) mass is 495 g/mol. The van der Waals surface area contributed by atoms with Crippen molar-refractivity contribution in [3.8, 4) is 5.75 Å². The van der Waals surface area contributed by atoms with Crippen molar-refractivity contribution in [2.45, 2.75) is 9.79 Å². The van der Waals surface area contributed by atoms with E-state index in [9.17, 15) is 0 Å². The molecule has 0 radical (unpaired) electrons. The molecule has 0 amide bonds. The van der Waals surface area contributed by atoms with Gasteiger partial charge in [0.1, 0.15) is 5.75 Å². The van der Waals surface area contributed by atoms with Crippen molar-refractivity contribution in [1.82, 2.24) is 0 Å². The van der Waals surface area contributed by atoms with Crippen molar-refractivity contribution in [2.75, 3.05) is 7.11 Å². The molecule has 2 nitrogen and oxygen atoms in total. The molecule has 0 aromatic heterocycles. The van der Waals surface area contributed by atoms with Gasteiger partial charge in [0.15, 0.2) is 0 Å². The summed E-state index contributed by atoms with van der Waals surface area (Å²) in [6, 6.07) is 26.3. The zero-order valence-electron chi connectivity index (χ0n) is 13.9. The molecule has 6 heteroatoms. The molecule has 3 rings (SSSR count). The molecule has 0 unspecified atom stereocenters. The summed E-state index contributed by atoms with van der Waals surface area (Å²) in [5.74, 6) is 0.824. The van der Waals surface area contributed by atoms with Crippen LogP contribution in [0.2, 0.25) is 0 Å². The minimum absolute atomic E-state index is 0.106. The maximum absolute atomic E-state index is 5.36. The molecule has 0 saturated carbocycles. The van der Waals surface area contributed by atoms with Gasteiger partial charge < -0.3 is 4.74 Å². The third-order valence-electron chi connectivity index (χ3n) is 3.32. The van der Waals surface area contributed by atoms with Gasteiger partial charge in [0.05, 0.1) is 12.8 Å². The molecule has 0 bridgehead atoms. The standard InChI is InChI=1S/C20H17NOS.2ClH.Pd/c1-22-19-13-7-5-9-16(19)15-21-18-12-6-8-14-20(18)23-17-10-3-2-4-11-17;;;/h2-15H,1H3;2*1H;/q;;;+2/p-2. The molecule has 0 aliphatic carbocycles. The third kappa shape index (κ3) is 6.80. The Balaban J connectivity index is 0.000000758. The van der Waals surface area contributed by atoms with E-state index < -0.39 is 0 Å². The first-order valence-corrected chi connectivity index (χ1v) is 12.4. The molecule has 3 aromatic carbocycles. The van der Waals surface area contributed by atoms with Crippen molar-refractivity contribution >= 4 is 42.7 Å². The molecule has 0 aliphatic heterocycles.